The highest BCUT2D eigenvalue weighted by Crippen LogP contribution is 2.14. The molecule has 27 heavy (non-hydrogen) atoms. The SMILES string of the molecule is Clc1ccc(C=CCOC(CCc2ccc(Cl)cc2)Cn2ccnc2)cc1. The first-order chi connectivity index (χ1) is 13.2. The summed E-state index contributed by atoms with van der Waals surface area (Å²) >= 11 is 11.9. The number of halogens is 2. The zero-order chi connectivity index (χ0) is 18.9. The summed E-state index contributed by atoms with van der Waals surface area (Å²) in [4.78, 5) is 4.11. The molecule has 0 amide bonds. The standard InChI is InChI=1S/C22H22Cl2N2O/c23-20-8-3-18(4-9-20)2-1-15-27-22(16-26-14-13-25-17-26)12-7-19-5-10-21(24)11-6-19/h1-6,8-11,13-14,17,22H,7,12,15-16H2. The minimum Gasteiger partial charge on any atom is -0.372 e. The van der Waals surface area contributed by atoms with Crippen LogP contribution in [0.2, 0.25) is 10.0 Å². The quantitative estimate of drug-likeness (QED) is 0.445. The molecule has 5 heteroatoms. The van der Waals surface area contributed by atoms with Crippen molar-refractivity contribution in [3.8, 4) is 0 Å². The second-order valence-corrected chi connectivity index (χ2v) is 7.21. The van der Waals surface area contributed by atoms with Gasteiger partial charge in [-0.1, -0.05) is 59.6 Å². The lowest BCUT2D eigenvalue weighted by Crippen LogP contribution is -2.20. The van der Waals surface area contributed by atoms with Gasteiger partial charge in [0.1, 0.15) is 0 Å². The minimum atomic E-state index is 0.102. The lowest BCUT2D eigenvalue weighted by Gasteiger charge is -2.18. The van der Waals surface area contributed by atoms with Gasteiger partial charge in [0, 0.05) is 29.0 Å². The maximum absolute atomic E-state index is 6.12. The molecule has 1 unspecified atom stereocenters. The molecule has 3 nitrogen and oxygen atoms in total. The molecular formula is C22H22Cl2N2O. The van der Waals surface area contributed by atoms with Crippen LogP contribution in [0.3, 0.4) is 0 Å². The Morgan fingerprint density at radius 1 is 1.00 bits per heavy atom. The number of nitrogens with zero attached hydrogens (tertiary/aromatic N) is 2. The van der Waals surface area contributed by atoms with Gasteiger partial charge in [0.25, 0.3) is 0 Å². The summed E-state index contributed by atoms with van der Waals surface area (Å²) in [6.07, 6.45) is 11.6. The first kappa shape index (κ1) is 19.7. The van der Waals surface area contributed by atoms with Gasteiger partial charge in [-0.15, -0.1) is 0 Å². The van der Waals surface area contributed by atoms with E-state index in [4.69, 9.17) is 27.9 Å². The Hall–Kier alpha value is -2.07. The van der Waals surface area contributed by atoms with Gasteiger partial charge >= 0.3 is 0 Å². The summed E-state index contributed by atoms with van der Waals surface area (Å²) in [7, 11) is 0. The highest BCUT2D eigenvalue weighted by atomic mass is 35.5. The van der Waals surface area contributed by atoms with Crippen LogP contribution in [0.25, 0.3) is 6.08 Å². The van der Waals surface area contributed by atoms with E-state index in [-0.39, 0.29) is 6.10 Å². The van der Waals surface area contributed by atoms with Crippen molar-refractivity contribution in [1.29, 1.82) is 0 Å². The average Bonchev–Trinajstić information content (AvgIpc) is 3.19. The van der Waals surface area contributed by atoms with E-state index in [0.29, 0.717) is 6.61 Å². The molecule has 1 atom stereocenters. The molecular weight excluding hydrogens is 379 g/mol. The number of rotatable bonds is 9. The molecule has 0 aliphatic rings. The maximum Gasteiger partial charge on any atom is 0.0946 e. The smallest absolute Gasteiger partial charge is 0.0946 e. The molecule has 0 saturated heterocycles. The third-order valence-corrected chi connectivity index (χ3v) is 4.75. The Balaban J connectivity index is 1.54. The molecule has 0 bridgehead atoms. The third kappa shape index (κ3) is 6.87. The Bertz CT molecular complexity index is 828. The van der Waals surface area contributed by atoms with Crippen LogP contribution in [-0.4, -0.2) is 22.3 Å². The number of benzene rings is 2. The molecule has 0 fully saturated rings. The average molecular weight is 401 g/mol. The summed E-state index contributed by atoms with van der Waals surface area (Å²) in [5.41, 5.74) is 2.37. The van der Waals surface area contributed by atoms with Crippen LogP contribution in [0, 0.1) is 0 Å². The summed E-state index contributed by atoms with van der Waals surface area (Å²) in [6, 6.07) is 15.7. The van der Waals surface area contributed by atoms with Gasteiger partial charge < -0.3 is 9.30 Å². The fourth-order valence-electron chi connectivity index (χ4n) is 2.79. The zero-order valence-corrected chi connectivity index (χ0v) is 16.5. The Labute approximate surface area is 170 Å². The first-order valence-corrected chi connectivity index (χ1v) is 9.68. The van der Waals surface area contributed by atoms with Crippen molar-refractivity contribution < 1.29 is 4.74 Å². The Morgan fingerprint density at radius 3 is 2.37 bits per heavy atom. The molecule has 1 aromatic heterocycles. The number of aryl methyl sites for hydroxylation is 1. The maximum atomic E-state index is 6.12. The van der Waals surface area contributed by atoms with E-state index < -0.39 is 0 Å². The van der Waals surface area contributed by atoms with Crippen LogP contribution in [0.15, 0.2) is 73.3 Å². The molecule has 0 radical (unpaired) electrons. The predicted molar refractivity (Wildman–Crippen MR) is 112 cm³/mol. The van der Waals surface area contributed by atoms with Gasteiger partial charge in [0.2, 0.25) is 0 Å². The number of ether oxygens (including phenoxy) is 1. The fraction of sp³-hybridized carbons (Fsp3) is 0.227. The topological polar surface area (TPSA) is 27.1 Å². The summed E-state index contributed by atoms with van der Waals surface area (Å²) in [6.45, 7) is 1.34. The van der Waals surface area contributed by atoms with E-state index in [1.54, 1.807) is 6.20 Å². The molecule has 0 aliphatic carbocycles. The largest absolute Gasteiger partial charge is 0.372 e. The van der Waals surface area contributed by atoms with Gasteiger partial charge in [-0.25, -0.2) is 4.98 Å². The van der Waals surface area contributed by atoms with Crippen molar-refractivity contribution in [3.05, 3.63) is 94.5 Å². The van der Waals surface area contributed by atoms with Crippen LogP contribution in [0.5, 0.6) is 0 Å². The van der Waals surface area contributed by atoms with Gasteiger partial charge in [-0.05, 0) is 48.2 Å². The van der Waals surface area contributed by atoms with Crippen LogP contribution in [0.4, 0.5) is 0 Å². The number of imidazole rings is 1. The molecule has 140 valence electrons. The number of hydrogen-bond donors (Lipinski definition) is 0. The highest BCUT2D eigenvalue weighted by Gasteiger charge is 2.10. The van der Waals surface area contributed by atoms with E-state index >= 15 is 0 Å². The predicted octanol–water partition coefficient (Wildman–Crippen LogP) is 5.92. The van der Waals surface area contributed by atoms with E-state index in [2.05, 4.69) is 21.7 Å². The second kappa shape index (κ2) is 10.3. The third-order valence-electron chi connectivity index (χ3n) is 4.25. The monoisotopic (exact) mass is 400 g/mol. The molecule has 0 N–H and O–H groups in total. The molecule has 2 aromatic carbocycles. The highest BCUT2D eigenvalue weighted by molar-refractivity contribution is 6.30. The molecule has 3 aromatic rings. The number of hydrogen-bond acceptors (Lipinski definition) is 2. The molecule has 3 rings (SSSR count). The Kier molecular flexibility index (Phi) is 7.52. The van der Waals surface area contributed by atoms with Crippen LogP contribution in [-0.2, 0) is 17.7 Å². The molecule has 0 aliphatic heterocycles. The summed E-state index contributed by atoms with van der Waals surface area (Å²) < 4.78 is 8.17. The van der Waals surface area contributed by atoms with Gasteiger partial charge in [-0.2, -0.15) is 0 Å². The lowest BCUT2D eigenvalue weighted by atomic mass is 10.1. The van der Waals surface area contributed by atoms with Crippen LogP contribution < -0.4 is 0 Å². The molecule has 1 heterocycles. The molecule has 0 spiro atoms. The minimum absolute atomic E-state index is 0.102. The van der Waals surface area contributed by atoms with Gasteiger partial charge in [-0.3, -0.25) is 0 Å². The summed E-state index contributed by atoms with van der Waals surface area (Å²) in [5.74, 6) is 0. The van der Waals surface area contributed by atoms with Gasteiger partial charge in [0.05, 0.1) is 19.0 Å². The molecule has 0 saturated carbocycles. The van der Waals surface area contributed by atoms with E-state index in [1.807, 2.05) is 61.1 Å². The van der Waals surface area contributed by atoms with Crippen molar-refractivity contribution in [3.63, 3.8) is 0 Å². The summed E-state index contributed by atoms with van der Waals surface area (Å²) in [5, 5.41) is 1.50. The van der Waals surface area contributed by atoms with Crippen LogP contribution in [0.1, 0.15) is 17.5 Å². The van der Waals surface area contributed by atoms with E-state index in [9.17, 15) is 0 Å². The van der Waals surface area contributed by atoms with Crippen molar-refractivity contribution in [2.75, 3.05) is 6.61 Å². The van der Waals surface area contributed by atoms with Crippen LogP contribution >= 0.6 is 23.2 Å². The zero-order valence-electron chi connectivity index (χ0n) is 15.0. The fourth-order valence-corrected chi connectivity index (χ4v) is 3.04. The lowest BCUT2D eigenvalue weighted by molar-refractivity contribution is 0.0553. The van der Waals surface area contributed by atoms with Crippen molar-refractivity contribution in [1.82, 2.24) is 9.55 Å². The van der Waals surface area contributed by atoms with E-state index in [0.717, 1.165) is 35.0 Å². The second-order valence-electron chi connectivity index (χ2n) is 6.33. The van der Waals surface area contributed by atoms with E-state index in [1.165, 1.54) is 5.56 Å². The number of aromatic nitrogens is 2. The normalized spacial score (nSPS) is 12.5. The Morgan fingerprint density at radius 2 is 1.70 bits per heavy atom. The van der Waals surface area contributed by atoms with Gasteiger partial charge in [0.15, 0.2) is 0 Å². The van der Waals surface area contributed by atoms with Crippen molar-refractivity contribution in [2.24, 2.45) is 0 Å². The first-order valence-electron chi connectivity index (χ1n) is 8.93. The van der Waals surface area contributed by atoms with Crippen molar-refractivity contribution in [2.45, 2.75) is 25.5 Å². The van der Waals surface area contributed by atoms with Crippen molar-refractivity contribution >= 4 is 29.3 Å².